The number of para-hydroxylation sites is 1. The molecule has 0 fully saturated rings. The van der Waals surface area contributed by atoms with Gasteiger partial charge >= 0.3 is 0 Å². The molecule has 4 aromatic rings. The quantitative estimate of drug-likeness (QED) is 0.482. The zero-order valence-corrected chi connectivity index (χ0v) is 16.0. The Morgan fingerprint density at radius 3 is 2.85 bits per heavy atom. The van der Waals surface area contributed by atoms with E-state index in [9.17, 15) is 4.79 Å². The van der Waals surface area contributed by atoms with Gasteiger partial charge in [-0.15, -0.1) is 21.5 Å². The van der Waals surface area contributed by atoms with Gasteiger partial charge < -0.3 is 10.3 Å². The molecular formula is C19H17N5OS2. The molecule has 6 nitrogen and oxygen atoms in total. The number of hydrogen-bond donors (Lipinski definition) is 1. The summed E-state index contributed by atoms with van der Waals surface area (Å²) in [6, 6.07) is 14.1. The summed E-state index contributed by atoms with van der Waals surface area (Å²) in [7, 11) is 0. The fourth-order valence-electron chi connectivity index (χ4n) is 2.83. The average Bonchev–Trinajstić information content (AvgIpc) is 3.34. The van der Waals surface area contributed by atoms with E-state index in [1.807, 2.05) is 34.2 Å². The number of nitrogens with two attached hydrogens (primary N) is 1. The van der Waals surface area contributed by atoms with Crippen LogP contribution in [0.1, 0.15) is 12.0 Å². The lowest BCUT2D eigenvalue weighted by molar-refractivity contribution is -0.118. The van der Waals surface area contributed by atoms with Crippen molar-refractivity contribution in [2.24, 2.45) is 5.73 Å². The lowest BCUT2D eigenvalue weighted by Gasteiger charge is -2.09. The highest BCUT2D eigenvalue weighted by Gasteiger charge is 2.16. The number of nitrogens with zero attached hydrogens (tertiary/aromatic N) is 4. The van der Waals surface area contributed by atoms with Gasteiger partial charge in [0, 0.05) is 30.3 Å². The van der Waals surface area contributed by atoms with Crippen LogP contribution in [0.5, 0.6) is 0 Å². The number of thiophene rings is 1. The molecule has 4 rings (SSSR count). The molecule has 3 heterocycles. The fourth-order valence-corrected chi connectivity index (χ4v) is 4.50. The summed E-state index contributed by atoms with van der Waals surface area (Å²) in [5.41, 5.74) is 7.48. The number of aromatic nitrogens is 4. The maximum Gasteiger partial charge on any atom is 0.219 e. The first-order valence-electron chi connectivity index (χ1n) is 8.43. The first-order valence-corrected chi connectivity index (χ1v) is 10.3. The number of benzene rings is 1. The number of fused-ring (bicyclic) bond motifs is 1. The van der Waals surface area contributed by atoms with Gasteiger partial charge in [-0.25, -0.2) is 0 Å². The number of carbonyl (C=O) groups excluding carboxylic acids is 1. The number of rotatable bonds is 7. The first-order chi connectivity index (χ1) is 13.2. The summed E-state index contributed by atoms with van der Waals surface area (Å²) in [6.07, 6.45) is 2.06. The number of amides is 1. The highest BCUT2D eigenvalue weighted by atomic mass is 32.2. The molecule has 0 aliphatic carbocycles. The summed E-state index contributed by atoms with van der Waals surface area (Å²) in [5, 5.41) is 12.6. The standard InChI is InChI=1S/C19H17N5OS2/c20-16(25)8-10-24-18(15-7-3-11-26-15)22-23-19(24)27-12-14-5-1-4-13-6-2-9-21-17(13)14/h1-7,9,11H,8,10,12H2,(H2,20,25). The van der Waals surface area contributed by atoms with E-state index in [1.54, 1.807) is 29.3 Å². The number of primary amides is 1. The number of carbonyl (C=O) groups is 1. The van der Waals surface area contributed by atoms with E-state index in [-0.39, 0.29) is 12.3 Å². The lowest BCUT2D eigenvalue weighted by Crippen LogP contribution is -2.14. The van der Waals surface area contributed by atoms with Gasteiger partial charge in [0.1, 0.15) is 0 Å². The molecule has 1 amide bonds. The summed E-state index contributed by atoms with van der Waals surface area (Å²) in [6.45, 7) is 0.464. The number of pyridine rings is 1. The van der Waals surface area contributed by atoms with Crippen LogP contribution in [0.15, 0.2) is 59.2 Å². The molecule has 2 N–H and O–H groups in total. The smallest absolute Gasteiger partial charge is 0.219 e. The Kier molecular flexibility index (Phi) is 5.17. The monoisotopic (exact) mass is 395 g/mol. The first kappa shape index (κ1) is 17.7. The molecule has 27 heavy (non-hydrogen) atoms. The van der Waals surface area contributed by atoms with Crippen molar-refractivity contribution in [2.75, 3.05) is 0 Å². The zero-order valence-electron chi connectivity index (χ0n) is 14.4. The minimum absolute atomic E-state index is 0.250. The van der Waals surface area contributed by atoms with Gasteiger partial charge in [-0.2, -0.15) is 0 Å². The largest absolute Gasteiger partial charge is 0.370 e. The Morgan fingerprint density at radius 1 is 1.15 bits per heavy atom. The van der Waals surface area contributed by atoms with Gasteiger partial charge in [0.2, 0.25) is 5.91 Å². The van der Waals surface area contributed by atoms with Crippen LogP contribution in [0.4, 0.5) is 0 Å². The lowest BCUT2D eigenvalue weighted by atomic mass is 10.1. The van der Waals surface area contributed by atoms with Gasteiger partial charge in [-0.1, -0.05) is 42.1 Å². The minimum Gasteiger partial charge on any atom is -0.370 e. The Balaban J connectivity index is 1.62. The van der Waals surface area contributed by atoms with Crippen LogP contribution in [0.3, 0.4) is 0 Å². The third-order valence-electron chi connectivity index (χ3n) is 4.11. The van der Waals surface area contributed by atoms with E-state index in [2.05, 4.69) is 33.4 Å². The van der Waals surface area contributed by atoms with Crippen molar-refractivity contribution in [1.82, 2.24) is 19.7 Å². The normalized spacial score (nSPS) is 11.1. The second-order valence-electron chi connectivity index (χ2n) is 5.93. The third-order valence-corrected chi connectivity index (χ3v) is 5.99. The predicted molar refractivity (Wildman–Crippen MR) is 108 cm³/mol. The molecular weight excluding hydrogens is 378 g/mol. The molecule has 8 heteroatoms. The van der Waals surface area contributed by atoms with E-state index >= 15 is 0 Å². The van der Waals surface area contributed by atoms with E-state index in [1.165, 1.54) is 0 Å². The molecule has 0 aliphatic rings. The van der Waals surface area contributed by atoms with Gasteiger partial charge in [0.25, 0.3) is 0 Å². The molecule has 0 unspecified atom stereocenters. The molecule has 3 aromatic heterocycles. The molecule has 0 atom stereocenters. The van der Waals surface area contributed by atoms with E-state index < -0.39 is 0 Å². The second-order valence-corrected chi connectivity index (χ2v) is 7.82. The van der Waals surface area contributed by atoms with Crippen LogP contribution in [0.2, 0.25) is 0 Å². The Bertz CT molecular complexity index is 1070. The van der Waals surface area contributed by atoms with Crippen LogP contribution >= 0.6 is 23.1 Å². The van der Waals surface area contributed by atoms with Crippen LogP contribution < -0.4 is 5.73 Å². The van der Waals surface area contributed by atoms with Crippen molar-refractivity contribution in [3.05, 3.63) is 59.6 Å². The SMILES string of the molecule is NC(=O)CCn1c(SCc2cccc3cccnc23)nnc1-c1cccs1. The van der Waals surface area contributed by atoms with Crippen molar-refractivity contribution in [1.29, 1.82) is 0 Å². The fraction of sp³-hybridized carbons (Fsp3) is 0.158. The highest BCUT2D eigenvalue weighted by molar-refractivity contribution is 7.98. The Morgan fingerprint density at radius 2 is 2.04 bits per heavy atom. The summed E-state index contributed by atoms with van der Waals surface area (Å²) >= 11 is 3.18. The molecule has 0 radical (unpaired) electrons. The van der Waals surface area contributed by atoms with Gasteiger partial charge in [0.05, 0.1) is 10.4 Å². The molecule has 136 valence electrons. The Labute approximate surface area is 164 Å². The molecule has 0 saturated carbocycles. The summed E-state index contributed by atoms with van der Waals surface area (Å²) in [5.74, 6) is 1.15. The second kappa shape index (κ2) is 7.89. The molecule has 1 aromatic carbocycles. The van der Waals surface area contributed by atoms with Crippen molar-refractivity contribution in [3.8, 4) is 10.7 Å². The Hall–Kier alpha value is -2.71. The van der Waals surface area contributed by atoms with Gasteiger partial charge in [0.15, 0.2) is 11.0 Å². The van der Waals surface area contributed by atoms with Gasteiger partial charge in [-0.05, 0) is 23.1 Å². The van der Waals surface area contributed by atoms with Crippen molar-refractivity contribution in [3.63, 3.8) is 0 Å². The van der Waals surface area contributed by atoms with Crippen LogP contribution in [0, 0.1) is 0 Å². The molecule has 0 bridgehead atoms. The summed E-state index contributed by atoms with van der Waals surface area (Å²) < 4.78 is 1.97. The molecule has 0 saturated heterocycles. The van der Waals surface area contributed by atoms with Crippen molar-refractivity contribution >= 4 is 39.9 Å². The molecule has 0 aliphatic heterocycles. The van der Waals surface area contributed by atoms with Crippen LogP contribution in [-0.2, 0) is 17.1 Å². The maximum absolute atomic E-state index is 11.3. The average molecular weight is 396 g/mol. The third kappa shape index (κ3) is 3.86. The van der Waals surface area contributed by atoms with Crippen LogP contribution in [0.25, 0.3) is 21.6 Å². The topological polar surface area (TPSA) is 86.7 Å². The minimum atomic E-state index is -0.338. The maximum atomic E-state index is 11.3. The molecule has 0 spiro atoms. The predicted octanol–water partition coefficient (Wildman–Crippen LogP) is 3.72. The number of thioether (sulfide) groups is 1. The van der Waals surface area contributed by atoms with E-state index in [4.69, 9.17) is 5.73 Å². The van der Waals surface area contributed by atoms with E-state index in [0.29, 0.717) is 12.3 Å². The highest BCUT2D eigenvalue weighted by Crippen LogP contribution is 2.30. The van der Waals surface area contributed by atoms with Crippen molar-refractivity contribution < 1.29 is 4.79 Å². The van der Waals surface area contributed by atoms with Crippen LogP contribution in [-0.4, -0.2) is 25.7 Å². The van der Waals surface area contributed by atoms with E-state index in [0.717, 1.165) is 32.3 Å². The van der Waals surface area contributed by atoms with Gasteiger partial charge in [-0.3, -0.25) is 9.78 Å². The zero-order chi connectivity index (χ0) is 18.6. The van der Waals surface area contributed by atoms with Crippen molar-refractivity contribution in [2.45, 2.75) is 23.9 Å². The summed E-state index contributed by atoms with van der Waals surface area (Å²) in [4.78, 5) is 16.8. The number of hydrogen-bond acceptors (Lipinski definition) is 6.